The Morgan fingerprint density at radius 2 is 0.283 bits per heavy atom. The average Bonchev–Trinajstić information content (AvgIpc) is 3.00. The number of aliphatic carboxylic acids is 4. The van der Waals surface area contributed by atoms with Crippen molar-refractivity contribution in [1.82, 2.24) is 0 Å². The first-order valence-corrected chi connectivity index (χ1v) is 19.1. The third kappa shape index (κ3) is 48.8. The van der Waals surface area contributed by atoms with Crippen molar-refractivity contribution in [2.45, 2.75) is 218 Å². The molecule has 0 aliphatic heterocycles. The van der Waals surface area contributed by atoms with Crippen LogP contribution in [0.2, 0.25) is 0 Å². The lowest BCUT2D eigenvalue weighted by molar-refractivity contribution is -0.138. The lowest BCUT2D eigenvalue weighted by atomic mass is 10.0. The minimum Gasteiger partial charge on any atom is -0.481 e. The maximum absolute atomic E-state index is 10.4. The molecule has 0 spiro atoms. The van der Waals surface area contributed by atoms with Crippen LogP contribution >= 0.6 is 0 Å². The van der Waals surface area contributed by atoms with E-state index in [4.69, 9.17) is 20.4 Å². The maximum atomic E-state index is 10.4. The highest BCUT2D eigenvalue weighted by molar-refractivity contribution is 5.67. The molecule has 8 nitrogen and oxygen atoms in total. The van der Waals surface area contributed by atoms with Crippen molar-refractivity contribution in [1.29, 1.82) is 0 Å². The fourth-order valence-corrected chi connectivity index (χ4v) is 5.70. The summed E-state index contributed by atoms with van der Waals surface area (Å²) in [5.74, 6) is -2.71. The summed E-state index contributed by atoms with van der Waals surface area (Å²) in [6, 6.07) is 0. The zero-order valence-electron chi connectivity index (χ0n) is 29.5. The molecule has 0 fully saturated rings. The van der Waals surface area contributed by atoms with Crippen molar-refractivity contribution in [3.05, 3.63) is 0 Å². The fraction of sp³-hybridized carbons (Fsp3) is 0.895. The number of unbranched alkanes of at least 4 members (excludes halogenated alkanes) is 28. The van der Waals surface area contributed by atoms with E-state index in [0.29, 0.717) is 25.7 Å². The second-order valence-electron chi connectivity index (χ2n) is 13.2. The first-order valence-electron chi connectivity index (χ1n) is 19.1. The largest absolute Gasteiger partial charge is 0.481 e. The molecule has 0 rings (SSSR count). The molecule has 46 heavy (non-hydrogen) atoms. The van der Waals surface area contributed by atoms with Crippen molar-refractivity contribution in [3.8, 4) is 0 Å². The molecule has 0 saturated carbocycles. The van der Waals surface area contributed by atoms with Gasteiger partial charge in [0.05, 0.1) is 0 Å². The molecule has 0 bridgehead atoms. The Morgan fingerprint density at radius 3 is 0.370 bits per heavy atom. The number of carbonyl (C=O) groups is 4. The first-order chi connectivity index (χ1) is 22.3. The van der Waals surface area contributed by atoms with Crippen LogP contribution in [0.5, 0.6) is 0 Å². The summed E-state index contributed by atoms with van der Waals surface area (Å²) in [6.45, 7) is 0. The van der Waals surface area contributed by atoms with Crippen LogP contribution in [0.15, 0.2) is 0 Å². The van der Waals surface area contributed by atoms with E-state index >= 15 is 0 Å². The molecule has 0 atom stereocenters. The number of carboxylic acid groups (broad SMARTS) is 4. The van der Waals surface area contributed by atoms with Crippen molar-refractivity contribution >= 4 is 23.9 Å². The zero-order valence-corrected chi connectivity index (χ0v) is 29.5. The van der Waals surface area contributed by atoms with Crippen LogP contribution in [0.25, 0.3) is 0 Å². The smallest absolute Gasteiger partial charge is 0.303 e. The fourth-order valence-electron chi connectivity index (χ4n) is 5.70. The molecule has 0 unspecified atom stereocenters. The summed E-state index contributed by atoms with van der Waals surface area (Å²) in [5, 5.41) is 34.1. The Hall–Kier alpha value is -2.12. The molecule has 0 aromatic heterocycles. The van der Waals surface area contributed by atoms with Gasteiger partial charge in [-0.15, -0.1) is 0 Å². The van der Waals surface area contributed by atoms with Crippen LogP contribution in [0, 0.1) is 0 Å². The van der Waals surface area contributed by atoms with Gasteiger partial charge >= 0.3 is 23.9 Å². The van der Waals surface area contributed by atoms with Crippen molar-refractivity contribution in [3.63, 3.8) is 0 Å². The van der Waals surface area contributed by atoms with E-state index in [1.54, 1.807) is 0 Å². The van der Waals surface area contributed by atoms with Crippen LogP contribution in [-0.4, -0.2) is 44.3 Å². The number of hydrogen-bond donors (Lipinski definition) is 4. The van der Waals surface area contributed by atoms with Crippen LogP contribution < -0.4 is 0 Å². The Bertz CT molecular complexity index is 636. The van der Waals surface area contributed by atoms with E-state index in [1.165, 1.54) is 128 Å². The van der Waals surface area contributed by atoms with E-state index in [-0.39, 0.29) is 0 Å². The molecule has 0 aromatic rings. The third-order valence-corrected chi connectivity index (χ3v) is 8.56. The van der Waals surface area contributed by atoms with E-state index in [9.17, 15) is 19.2 Å². The van der Waals surface area contributed by atoms with Gasteiger partial charge in [0.1, 0.15) is 0 Å². The summed E-state index contributed by atoms with van der Waals surface area (Å²) in [5.41, 5.74) is 0. The van der Waals surface area contributed by atoms with Gasteiger partial charge in [0, 0.05) is 25.7 Å². The predicted octanol–water partition coefficient (Wildman–Crippen LogP) is 11.6. The number of rotatable bonds is 36. The second-order valence-corrected chi connectivity index (χ2v) is 13.2. The Morgan fingerprint density at radius 1 is 0.196 bits per heavy atom. The van der Waals surface area contributed by atoms with Gasteiger partial charge in [-0.05, 0) is 25.7 Å². The minimum absolute atomic E-state index is 0.307. The van der Waals surface area contributed by atoms with E-state index in [2.05, 4.69) is 0 Å². The normalized spacial score (nSPS) is 10.8. The number of carboxylic acids is 4. The molecule has 0 saturated heterocycles. The monoisotopic (exact) mass is 657 g/mol. The molecule has 4 N–H and O–H groups in total. The molecule has 0 aliphatic carbocycles. The molecule has 0 heterocycles. The molecule has 272 valence electrons. The van der Waals surface area contributed by atoms with E-state index in [0.717, 1.165) is 64.2 Å². The van der Waals surface area contributed by atoms with Crippen LogP contribution in [0.3, 0.4) is 0 Å². The van der Waals surface area contributed by atoms with Gasteiger partial charge in [-0.3, -0.25) is 19.2 Å². The Balaban J connectivity index is 0. The Labute approximate surface area is 281 Å². The lowest BCUT2D eigenvalue weighted by Crippen LogP contribution is -1.93. The van der Waals surface area contributed by atoms with Gasteiger partial charge in [0.2, 0.25) is 0 Å². The third-order valence-electron chi connectivity index (χ3n) is 8.56. The highest BCUT2D eigenvalue weighted by Crippen LogP contribution is 2.15. The highest BCUT2D eigenvalue weighted by atomic mass is 16.4. The number of hydrogen-bond acceptors (Lipinski definition) is 4. The molecule has 0 aromatic carbocycles. The van der Waals surface area contributed by atoms with E-state index < -0.39 is 23.9 Å². The van der Waals surface area contributed by atoms with Gasteiger partial charge in [0.15, 0.2) is 0 Å². The lowest BCUT2D eigenvalue weighted by Gasteiger charge is -2.03. The molecule has 8 heteroatoms. The quantitative estimate of drug-likeness (QED) is 0.0486. The zero-order chi connectivity index (χ0) is 34.4. The predicted molar refractivity (Wildman–Crippen MR) is 188 cm³/mol. The summed E-state index contributed by atoms with van der Waals surface area (Å²) >= 11 is 0. The average molecular weight is 657 g/mol. The molecule has 0 aliphatic rings. The van der Waals surface area contributed by atoms with Crippen molar-refractivity contribution in [2.24, 2.45) is 0 Å². The summed E-state index contributed by atoms with van der Waals surface area (Å²) in [4.78, 5) is 41.4. The molecule has 0 radical (unpaired) electrons. The Kier molecular flexibility index (Phi) is 39.1. The van der Waals surface area contributed by atoms with Gasteiger partial charge in [0.25, 0.3) is 0 Å². The van der Waals surface area contributed by atoms with Gasteiger partial charge in [-0.1, -0.05) is 167 Å². The summed E-state index contributed by atoms with van der Waals surface area (Å²) < 4.78 is 0. The standard InChI is InChI=1S/C22H42O4.C16H30O4/c23-21(24)19-17-15-13-11-9-7-5-3-1-2-4-6-8-10-12-14-16-18-20-22(25)26;17-15(18)13-11-9-7-5-3-1-2-4-6-8-10-12-14-16(19)20/h1-20H2,(H,23,24)(H,25,26);1-14H2,(H,17,18)(H,19,20). The summed E-state index contributed by atoms with van der Waals surface area (Å²) in [6.07, 6.45) is 36.9. The van der Waals surface area contributed by atoms with Crippen molar-refractivity contribution < 1.29 is 39.6 Å². The van der Waals surface area contributed by atoms with Gasteiger partial charge in [-0.2, -0.15) is 0 Å². The topological polar surface area (TPSA) is 149 Å². The van der Waals surface area contributed by atoms with E-state index in [1.807, 2.05) is 0 Å². The van der Waals surface area contributed by atoms with Crippen LogP contribution in [0.4, 0.5) is 0 Å². The van der Waals surface area contributed by atoms with Crippen molar-refractivity contribution in [2.75, 3.05) is 0 Å². The molecular formula is C38H72O8. The van der Waals surface area contributed by atoms with Gasteiger partial charge in [-0.25, -0.2) is 0 Å². The highest BCUT2D eigenvalue weighted by Gasteiger charge is 2.00. The van der Waals surface area contributed by atoms with Crippen LogP contribution in [-0.2, 0) is 19.2 Å². The SMILES string of the molecule is O=C(O)CCCCCCCCCCCCCCC(=O)O.O=C(O)CCCCCCCCCCCCCCCCCCCCC(=O)O. The second kappa shape index (κ2) is 39.1. The molecular weight excluding hydrogens is 584 g/mol. The van der Waals surface area contributed by atoms with Gasteiger partial charge < -0.3 is 20.4 Å². The maximum Gasteiger partial charge on any atom is 0.303 e. The van der Waals surface area contributed by atoms with Crippen LogP contribution in [0.1, 0.15) is 218 Å². The minimum atomic E-state index is -0.687. The first kappa shape index (κ1) is 46.0. The summed E-state index contributed by atoms with van der Waals surface area (Å²) in [7, 11) is 0. The molecule has 0 amide bonds.